The second kappa shape index (κ2) is 4.13. The van der Waals surface area contributed by atoms with Gasteiger partial charge in [-0.05, 0) is 27.7 Å². The van der Waals surface area contributed by atoms with Crippen LogP contribution in [-0.2, 0) is 23.7 Å². The Bertz CT molecular complexity index is 396. The minimum atomic E-state index is -0.735. The van der Waals surface area contributed by atoms with Gasteiger partial charge in [0.15, 0.2) is 17.9 Å². The van der Waals surface area contributed by atoms with E-state index >= 15 is 0 Å². The van der Waals surface area contributed by atoms with E-state index in [4.69, 9.17) is 28.9 Å². The molecule has 19 heavy (non-hydrogen) atoms. The summed E-state index contributed by atoms with van der Waals surface area (Å²) in [6.07, 6.45) is -0.867. The van der Waals surface area contributed by atoms with Crippen LogP contribution in [0.5, 0.6) is 0 Å². The topological polar surface area (TPSA) is 78.7 Å². The second-order valence-electron chi connectivity index (χ2n) is 5.90. The Labute approximate surface area is 111 Å². The zero-order valence-electron chi connectivity index (χ0n) is 11.4. The maximum absolute atomic E-state index is 8.73. The molecule has 108 valence electrons. The largest absolute Gasteiger partial charge is 0.411 e. The van der Waals surface area contributed by atoms with Crippen molar-refractivity contribution in [3.8, 4) is 0 Å². The number of hydrogen-bond acceptors (Lipinski definition) is 7. The molecule has 5 atom stereocenters. The third kappa shape index (κ3) is 2.25. The van der Waals surface area contributed by atoms with Crippen LogP contribution < -0.4 is 0 Å². The predicted molar refractivity (Wildman–Crippen MR) is 62.8 cm³/mol. The average Bonchev–Trinajstić information content (AvgIpc) is 2.74. The van der Waals surface area contributed by atoms with Crippen molar-refractivity contribution in [2.24, 2.45) is 5.16 Å². The molecular formula is C12H19NO6. The summed E-state index contributed by atoms with van der Waals surface area (Å²) in [5, 5.41) is 11.8. The summed E-state index contributed by atoms with van der Waals surface area (Å²) in [4.78, 5) is 0. The lowest BCUT2D eigenvalue weighted by atomic mass is 10.00. The van der Waals surface area contributed by atoms with Gasteiger partial charge in [-0.2, -0.15) is 0 Å². The van der Waals surface area contributed by atoms with E-state index in [1.165, 1.54) is 6.21 Å². The van der Waals surface area contributed by atoms with Crippen LogP contribution in [0.25, 0.3) is 0 Å². The Morgan fingerprint density at radius 3 is 2.16 bits per heavy atom. The minimum absolute atomic E-state index is 0.321. The Kier molecular flexibility index (Phi) is 2.88. The van der Waals surface area contributed by atoms with Crippen LogP contribution in [0, 0.1) is 0 Å². The maximum Gasteiger partial charge on any atom is 0.190 e. The molecule has 1 N–H and O–H groups in total. The van der Waals surface area contributed by atoms with Crippen molar-refractivity contribution in [1.82, 2.24) is 0 Å². The van der Waals surface area contributed by atoms with Crippen molar-refractivity contribution in [3.05, 3.63) is 0 Å². The third-order valence-corrected chi connectivity index (χ3v) is 3.40. The SMILES string of the molecule is CC1(C)OC2[C@H](O[C@H](/C=N/O)[C@@H]3OC(C)(C)O[C@H]23)O1. The summed E-state index contributed by atoms with van der Waals surface area (Å²) < 4.78 is 28.9. The first kappa shape index (κ1) is 13.3. The van der Waals surface area contributed by atoms with Crippen LogP contribution in [0.1, 0.15) is 27.7 Å². The highest BCUT2D eigenvalue weighted by Crippen LogP contribution is 2.43. The zero-order chi connectivity index (χ0) is 13.8. The fraction of sp³-hybridized carbons (Fsp3) is 0.917. The van der Waals surface area contributed by atoms with E-state index in [0.29, 0.717) is 0 Å². The number of rotatable bonds is 1. The predicted octanol–water partition coefficient (Wildman–Crippen LogP) is 0.843. The molecule has 0 saturated carbocycles. The third-order valence-electron chi connectivity index (χ3n) is 3.40. The van der Waals surface area contributed by atoms with Crippen LogP contribution in [0.4, 0.5) is 0 Å². The molecule has 3 fully saturated rings. The molecule has 3 rings (SSSR count). The van der Waals surface area contributed by atoms with Gasteiger partial charge in [0.05, 0.1) is 6.21 Å². The lowest BCUT2D eigenvalue weighted by Gasteiger charge is -2.35. The Morgan fingerprint density at radius 1 is 0.895 bits per heavy atom. The minimum Gasteiger partial charge on any atom is -0.411 e. The molecular weight excluding hydrogens is 254 g/mol. The number of ether oxygens (including phenoxy) is 5. The fourth-order valence-corrected chi connectivity index (χ4v) is 2.83. The molecule has 0 radical (unpaired) electrons. The Morgan fingerprint density at radius 2 is 1.47 bits per heavy atom. The summed E-state index contributed by atoms with van der Waals surface area (Å²) in [5.74, 6) is -1.47. The first-order chi connectivity index (χ1) is 8.81. The number of hydrogen-bond donors (Lipinski definition) is 1. The van der Waals surface area contributed by atoms with E-state index < -0.39 is 24.0 Å². The first-order valence-electron chi connectivity index (χ1n) is 6.36. The van der Waals surface area contributed by atoms with Crippen molar-refractivity contribution in [2.45, 2.75) is 70.0 Å². The van der Waals surface area contributed by atoms with E-state index in [0.717, 1.165) is 0 Å². The normalized spacial score (nSPS) is 47.3. The molecule has 3 heterocycles. The quantitative estimate of drug-likeness (QED) is 0.433. The highest BCUT2D eigenvalue weighted by atomic mass is 16.9. The molecule has 7 nitrogen and oxygen atoms in total. The van der Waals surface area contributed by atoms with Crippen molar-refractivity contribution >= 4 is 6.21 Å². The molecule has 0 amide bonds. The summed E-state index contributed by atoms with van der Waals surface area (Å²) in [7, 11) is 0. The molecule has 3 aliphatic heterocycles. The van der Waals surface area contributed by atoms with Crippen molar-refractivity contribution < 1.29 is 28.9 Å². The summed E-state index contributed by atoms with van der Waals surface area (Å²) in [6.45, 7) is 7.29. The standard InChI is InChI=1S/C12H19NO6/c1-11(2)16-7-6(5-13-14)15-10-9(8(7)17-11)18-12(3,4)19-10/h5-10,14H,1-4H3/b13-5+/t6-,7+,8+,9?,10-/m1/s1. The smallest absolute Gasteiger partial charge is 0.190 e. The number of oxime groups is 1. The van der Waals surface area contributed by atoms with E-state index in [1.54, 1.807) is 0 Å². The van der Waals surface area contributed by atoms with Gasteiger partial charge in [-0.3, -0.25) is 0 Å². The molecule has 0 aliphatic carbocycles. The fourth-order valence-electron chi connectivity index (χ4n) is 2.83. The van der Waals surface area contributed by atoms with Crippen LogP contribution in [-0.4, -0.2) is 53.7 Å². The lowest BCUT2D eigenvalue weighted by molar-refractivity contribution is -0.217. The van der Waals surface area contributed by atoms with Gasteiger partial charge in [0.2, 0.25) is 0 Å². The molecule has 0 aromatic carbocycles. The van der Waals surface area contributed by atoms with E-state index in [-0.39, 0.29) is 18.3 Å². The van der Waals surface area contributed by atoms with Gasteiger partial charge in [-0.1, -0.05) is 5.16 Å². The molecule has 3 aliphatic rings. The Balaban J connectivity index is 1.88. The molecule has 3 saturated heterocycles. The van der Waals surface area contributed by atoms with Gasteiger partial charge < -0.3 is 28.9 Å². The van der Waals surface area contributed by atoms with Crippen molar-refractivity contribution in [2.75, 3.05) is 0 Å². The Hall–Kier alpha value is -0.730. The maximum atomic E-state index is 8.73. The van der Waals surface area contributed by atoms with Crippen molar-refractivity contribution in [3.63, 3.8) is 0 Å². The summed E-state index contributed by atoms with van der Waals surface area (Å²) >= 11 is 0. The second-order valence-corrected chi connectivity index (χ2v) is 5.90. The van der Waals surface area contributed by atoms with Crippen LogP contribution in [0.3, 0.4) is 0 Å². The van der Waals surface area contributed by atoms with Crippen LogP contribution in [0.2, 0.25) is 0 Å². The van der Waals surface area contributed by atoms with Crippen LogP contribution in [0.15, 0.2) is 5.16 Å². The monoisotopic (exact) mass is 273 g/mol. The van der Waals surface area contributed by atoms with Gasteiger partial charge in [-0.15, -0.1) is 0 Å². The van der Waals surface area contributed by atoms with Gasteiger partial charge in [0, 0.05) is 0 Å². The highest BCUT2D eigenvalue weighted by molar-refractivity contribution is 5.64. The number of nitrogens with zero attached hydrogens (tertiary/aromatic N) is 1. The molecule has 0 aromatic heterocycles. The van der Waals surface area contributed by atoms with Crippen LogP contribution >= 0.6 is 0 Å². The molecule has 0 aromatic rings. The summed E-state index contributed by atoms with van der Waals surface area (Å²) in [6, 6.07) is 0. The van der Waals surface area contributed by atoms with Crippen molar-refractivity contribution in [1.29, 1.82) is 0 Å². The molecule has 7 heteroatoms. The van der Waals surface area contributed by atoms with E-state index in [1.807, 2.05) is 27.7 Å². The highest BCUT2D eigenvalue weighted by Gasteiger charge is 2.60. The lowest BCUT2D eigenvalue weighted by Crippen LogP contribution is -2.55. The zero-order valence-corrected chi connectivity index (χ0v) is 11.4. The van der Waals surface area contributed by atoms with Gasteiger partial charge in [0.25, 0.3) is 0 Å². The average molecular weight is 273 g/mol. The van der Waals surface area contributed by atoms with Gasteiger partial charge in [-0.25, -0.2) is 0 Å². The molecule has 0 spiro atoms. The van der Waals surface area contributed by atoms with E-state index in [2.05, 4.69) is 5.16 Å². The van der Waals surface area contributed by atoms with Gasteiger partial charge >= 0.3 is 0 Å². The van der Waals surface area contributed by atoms with Gasteiger partial charge in [0.1, 0.15) is 24.4 Å². The first-order valence-corrected chi connectivity index (χ1v) is 6.36. The number of fused-ring (bicyclic) bond motifs is 3. The molecule has 0 bridgehead atoms. The molecule has 1 unspecified atom stereocenters. The van der Waals surface area contributed by atoms with E-state index in [9.17, 15) is 0 Å². The summed E-state index contributed by atoms with van der Waals surface area (Å²) in [5.41, 5.74) is 0.